The number of benzene rings is 2. The molecule has 0 aliphatic heterocycles. The fourth-order valence-electron chi connectivity index (χ4n) is 2.69. The number of rotatable bonds is 4. The molecule has 5 nitrogen and oxygen atoms in total. The molecule has 0 bridgehead atoms. The number of fused-ring (bicyclic) bond motifs is 1. The van der Waals surface area contributed by atoms with Crippen LogP contribution in [-0.2, 0) is 6.54 Å². The standard InChI is InChI=1S/C19H18N2O3/c1-12-4-6-17-16(8-12)19(23)21(11-20-17)10-15-9-14(13(2)22)5-7-18(15)24-3/h4-9,11H,10H2,1-3H3. The van der Waals surface area contributed by atoms with Gasteiger partial charge in [-0.1, -0.05) is 11.6 Å². The van der Waals surface area contributed by atoms with Crippen molar-refractivity contribution in [3.63, 3.8) is 0 Å². The lowest BCUT2D eigenvalue weighted by molar-refractivity contribution is 0.101. The van der Waals surface area contributed by atoms with Gasteiger partial charge in [-0.15, -0.1) is 0 Å². The predicted octanol–water partition coefficient (Wildman–Crippen LogP) is 2.96. The van der Waals surface area contributed by atoms with E-state index in [-0.39, 0.29) is 11.3 Å². The van der Waals surface area contributed by atoms with Crippen molar-refractivity contribution in [1.82, 2.24) is 9.55 Å². The van der Waals surface area contributed by atoms with E-state index in [4.69, 9.17) is 4.74 Å². The van der Waals surface area contributed by atoms with E-state index in [1.54, 1.807) is 25.3 Å². The Morgan fingerprint density at radius 1 is 1.21 bits per heavy atom. The first-order valence-corrected chi connectivity index (χ1v) is 7.63. The summed E-state index contributed by atoms with van der Waals surface area (Å²) in [6.45, 7) is 3.74. The predicted molar refractivity (Wildman–Crippen MR) is 92.8 cm³/mol. The molecule has 122 valence electrons. The van der Waals surface area contributed by atoms with E-state index in [1.165, 1.54) is 17.8 Å². The molecule has 0 aliphatic rings. The minimum Gasteiger partial charge on any atom is -0.496 e. The summed E-state index contributed by atoms with van der Waals surface area (Å²) < 4.78 is 6.88. The van der Waals surface area contributed by atoms with Gasteiger partial charge in [0.15, 0.2) is 5.78 Å². The number of ether oxygens (including phenoxy) is 1. The van der Waals surface area contributed by atoms with E-state index in [0.29, 0.717) is 28.8 Å². The summed E-state index contributed by atoms with van der Waals surface area (Å²) >= 11 is 0. The first kappa shape index (κ1) is 15.9. The summed E-state index contributed by atoms with van der Waals surface area (Å²) in [5, 5.41) is 0.583. The average molecular weight is 322 g/mol. The summed E-state index contributed by atoms with van der Waals surface area (Å²) in [7, 11) is 1.57. The van der Waals surface area contributed by atoms with Crippen LogP contribution in [0.3, 0.4) is 0 Å². The normalized spacial score (nSPS) is 10.8. The number of aryl methyl sites for hydroxylation is 1. The van der Waals surface area contributed by atoms with Gasteiger partial charge in [-0.2, -0.15) is 0 Å². The molecule has 1 heterocycles. The third kappa shape index (κ3) is 2.93. The highest BCUT2D eigenvalue weighted by molar-refractivity contribution is 5.94. The summed E-state index contributed by atoms with van der Waals surface area (Å²) in [6.07, 6.45) is 1.53. The number of carbonyl (C=O) groups is 1. The minimum atomic E-state index is -0.112. The minimum absolute atomic E-state index is 0.0292. The zero-order valence-corrected chi connectivity index (χ0v) is 13.9. The van der Waals surface area contributed by atoms with E-state index >= 15 is 0 Å². The van der Waals surface area contributed by atoms with Crippen LogP contribution in [0, 0.1) is 6.92 Å². The number of carbonyl (C=O) groups excluding carboxylic acids is 1. The second kappa shape index (κ2) is 6.28. The molecule has 1 aromatic heterocycles. The first-order valence-electron chi connectivity index (χ1n) is 7.63. The molecule has 0 N–H and O–H groups in total. The van der Waals surface area contributed by atoms with Crippen molar-refractivity contribution >= 4 is 16.7 Å². The van der Waals surface area contributed by atoms with Crippen LogP contribution in [0.4, 0.5) is 0 Å². The number of Topliss-reactive ketones (excluding diaryl/α,β-unsaturated/α-hetero) is 1. The molecule has 2 aromatic carbocycles. The van der Waals surface area contributed by atoms with E-state index in [9.17, 15) is 9.59 Å². The van der Waals surface area contributed by atoms with Crippen LogP contribution in [0.25, 0.3) is 10.9 Å². The van der Waals surface area contributed by atoms with Gasteiger partial charge in [0.25, 0.3) is 5.56 Å². The molecule has 24 heavy (non-hydrogen) atoms. The van der Waals surface area contributed by atoms with Crippen molar-refractivity contribution < 1.29 is 9.53 Å². The van der Waals surface area contributed by atoms with Crippen molar-refractivity contribution in [2.24, 2.45) is 0 Å². The molecule has 0 spiro atoms. The number of ketones is 1. The molecular weight excluding hydrogens is 304 g/mol. The van der Waals surface area contributed by atoms with Crippen molar-refractivity contribution in [1.29, 1.82) is 0 Å². The molecule has 0 saturated carbocycles. The summed E-state index contributed by atoms with van der Waals surface area (Å²) in [5.41, 5.74) is 2.92. The number of nitrogens with zero attached hydrogens (tertiary/aromatic N) is 2. The molecule has 0 atom stereocenters. The lowest BCUT2D eigenvalue weighted by Crippen LogP contribution is -2.21. The van der Waals surface area contributed by atoms with Crippen LogP contribution in [0.15, 0.2) is 47.5 Å². The van der Waals surface area contributed by atoms with Gasteiger partial charge in [0.2, 0.25) is 0 Å². The molecule has 0 aliphatic carbocycles. The number of hydrogen-bond donors (Lipinski definition) is 0. The number of methoxy groups -OCH3 is 1. The van der Waals surface area contributed by atoms with Gasteiger partial charge < -0.3 is 4.74 Å². The Kier molecular flexibility index (Phi) is 4.16. The van der Waals surface area contributed by atoms with Gasteiger partial charge in [0, 0.05) is 11.1 Å². The smallest absolute Gasteiger partial charge is 0.261 e. The quantitative estimate of drug-likeness (QED) is 0.693. The van der Waals surface area contributed by atoms with Gasteiger partial charge in [0.1, 0.15) is 5.75 Å². The largest absolute Gasteiger partial charge is 0.496 e. The molecule has 0 radical (unpaired) electrons. The fraction of sp³-hybridized carbons (Fsp3) is 0.211. The zero-order valence-electron chi connectivity index (χ0n) is 13.9. The van der Waals surface area contributed by atoms with Gasteiger partial charge in [-0.3, -0.25) is 14.2 Å². The van der Waals surface area contributed by atoms with E-state index in [1.807, 2.05) is 25.1 Å². The molecule has 0 fully saturated rings. The van der Waals surface area contributed by atoms with Crippen molar-refractivity contribution in [2.45, 2.75) is 20.4 Å². The summed E-state index contributed by atoms with van der Waals surface area (Å²) in [4.78, 5) is 28.7. The summed E-state index contributed by atoms with van der Waals surface area (Å²) in [6, 6.07) is 10.8. The van der Waals surface area contributed by atoms with Crippen LogP contribution < -0.4 is 10.3 Å². The first-order chi connectivity index (χ1) is 11.5. The monoisotopic (exact) mass is 322 g/mol. The topological polar surface area (TPSA) is 61.2 Å². The van der Waals surface area contributed by atoms with E-state index in [2.05, 4.69) is 4.98 Å². The maximum absolute atomic E-state index is 12.7. The fourth-order valence-corrected chi connectivity index (χ4v) is 2.69. The number of hydrogen-bond acceptors (Lipinski definition) is 4. The van der Waals surface area contributed by atoms with Gasteiger partial charge in [-0.05, 0) is 44.2 Å². The Morgan fingerprint density at radius 2 is 2.00 bits per heavy atom. The van der Waals surface area contributed by atoms with Crippen LogP contribution in [0.2, 0.25) is 0 Å². The molecular formula is C19H18N2O3. The molecule has 5 heteroatoms. The van der Waals surface area contributed by atoms with Gasteiger partial charge >= 0.3 is 0 Å². The molecule has 0 unspecified atom stereocenters. The third-order valence-corrected chi connectivity index (χ3v) is 4.01. The second-order valence-electron chi connectivity index (χ2n) is 5.78. The van der Waals surface area contributed by atoms with Crippen molar-refractivity contribution in [3.8, 4) is 5.75 Å². The number of aromatic nitrogens is 2. The SMILES string of the molecule is COc1ccc(C(C)=O)cc1Cn1cnc2ccc(C)cc2c1=O. The molecule has 0 amide bonds. The maximum Gasteiger partial charge on any atom is 0.261 e. The highest BCUT2D eigenvalue weighted by Crippen LogP contribution is 2.21. The Bertz CT molecular complexity index is 990. The van der Waals surface area contributed by atoms with E-state index in [0.717, 1.165) is 11.1 Å². The van der Waals surface area contributed by atoms with Gasteiger partial charge in [0.05, 0.1) is 30.9 Å². The summed E-state index contributed by atoms with van der Waals surface area (Å²) in [5.74, 6) is 0.606. The lowest BCUT2D eigenvalue weighted by atomic mass is 10.1. The van der Waals surface area contributed by atoms with Gasteiger partial charge in [-0.25, -0.2) is 4.98 Å². The average Bonchev–Trinajstić information content (AvgIpc) is 2.57. The Balaban J connectivity index is 2.10. The van der Waals surface area contributed by atoms with E-state index < -0.39 is 0 Å². The van der Waals surface area contributed by atoms with Crippen LogP contribution in [0.1, 0.15) is 28.4 Å². The highest BCUT2D eigenvalue weighted by atomic mass is 16.5. The molecule has 0 saturated heterocycles. The molecule has 3 aromatic rings. The zero-order chi connectivity index (χ0) is 17.3. The Morgan fingerprint density at radius 3 is 2.71 bits per heavy atom. The highest BCUT2D eigenvalue weighted by Gasteiger charge is 2.10. The third-order valence-electron chi connectivity index (χ3n) is 4.01. The van der Waals surface area contributed by atoms with Crippen LogP contribution >= 0.6 is 0 Å². The Labute approximate surface area is 139 Å². The maximum atomic E-state index is 12.7. The lowest BCUT2D eigenvalue weighted by Gasteiger charge is -2.12. The van der Waals surface area contributed by atoms with Crippen LogP contribution in [-0.4, -0.2) is 22.4 Å². The molecule has 3 rings (SSSR count). The van der Waals surface area contributed by atoms with Crippen LogP contribution in [0.5, 0.6) is 5.75 Å². The van der Waals surface area contributed by atoms with Crippen molar-refractivity contribution in [3.05, 3.63) is 69.8 Å². The van der Waals surface area contributed by atoms with Crippen molar-refractivity contribution in [2.75, 3.05) is 7.11 Å². The Hall–Kier alpha value is -2.95. The second-order valence-corrected chi connectivity index (χ2v) is 5.78.